The maximum Gasteiger partial charge on any atom is 0.519 e. The molecule has 0 aromatic heterocycles. The molecule has 0 aliphatic heterocycles. The highest BCUT2D eigenvalue weighted by molar-refractivity contribution is 5.98. The molecule has 2 atom stereocenters. The Bertz CT molecular complexity index is 1160. The molecule has 0 amide bonds. The van der Waals surface area contributed by atoms with Crippen LogP contribution < -0.4 is 9.47 Å². The number of benzene rings is 3. The van der Waals surface area contributed by atoms with Crippen LogP contribution in [0.5, 0.6) is 17.2 Å². The van der Waals surface area contributed by atoms with Crippen LogP contribution in [0.1, 0.15) is 54.4 Å². The molecular weight excluding hydrogens is 364 g/mol. The van der Waals surface area contributed by atoms with Gasteiger partial charge in [-0.05, 0) is 62.1 Å². The van der Waals surface area contributed by atoms with Gasteiger partial charge in [0.15, 0.2) is 0 Å². The molecule has 1 fully saturated rings. The van der Waals surface area contributed by atoms with Gasteiger partial charge in [0.25, 0.3) is 0 Å². The highest BCUT2D eigenvalue weighted by Crippen LogP contribution is 2.63. The van der Waals surface area contributed by atoms with Crippen LogP contribution in [-0.4, -0.2) is 11.3 Å². The fourth-order valence-corrected chi connectivity index (χ4v) is 5.26. The summed E-state index contributed by atoms with van der Waals surface area (Å²) < 4.78 is 11.4. The zero-order chi connectivity index (χ0) is 20.3. The average molecular weight is 388 g/mol. The first-order valence-corrected chi connectivity index (χ1v) is 10.1. The summed E-state index contributed by atoms with van der Waals surface area (Å²) in [4.78, 5) is 12.7. The molecule has 1 N–H and O–H groups in total. The Morgan fingerprint density at radius 3 is 2.69 bits per heavy atom. The van der Waals surface area contributed by atoms with Crippen LogP contribution in [0.2, 0.25) is 0 Å². The minimum Gasteiger partial charge on any atom is -0.507 e. The summed E-state index contributed by atoms with van der Waals surface area (Å²) in [7, 11) is 0. The van der Waals surface area contributed by atoms with Crippen LogP contribution in [0.4, 0.5) is 4.79 Å². The van der Waals surface area contributed by atoms with E-state index in [0.717, 1.165) is 52.3 Å². The summed E-state index contributed by atoms with van der Waals surface area (Å²) in [6.07, 6.45) is 2.32. The Morgan fingerprint density at radius 1 is 1.10 bits per heavy atom. The standard InChI is InChI=1S/C25H24O4/c1-14-8-9-17-18(12-14)23(29-24(27)28-19-7-5-4-6-15(19)2)20-16-10-11-25(3,13-16)21(20)22(17)26/h4-9,12,16,26H,10-11,13H2,1-3H3. The number of hydrogen-bond donors (Lipinski definition) is 1. The lowest BCUT2D eigenvalue weighted by molar-refractivity contribution is 0.151. The number of phenols is 1. The third-order valence-corrected chi connectivity index (χ3v) is 6.65. The third-order valence-electron chi connectivity index (χ3n) is 6.65. The van der Waals surface area contributed by atoms with E-state index in [1.807, 2.05) is 50.2 Å². The Kier molecular flexibility index (Phi) is 3.89. The van der Waals surface area contributed by atoms with Crippen molar-refractivity contribution in [3.8, 4) is 17.2 Å². The molecule has 0 saturated heterocycles. The smallest absolute Gasteiger partial charge is 0.507 e. The van der Waals surface area contributed by atoms with E-state index in [1.165, 1.54) is 0 Å². The van der Waals surface area contributed by atoms with Crippen LogP contribution in [0.15, 0.2) is 42.5 Å². The molecule has 148 valence electrons. The SMILES string of the molecule is Cc1ccc2c(O)c3c(c(OC(=O)Oc4ccccc4C)c2c1)C1CCC3(C)C1. The molecule has 29 heavy (non-hydrogen) atoms. The van der Waals surface area contributed by atoms with E-state index in [2.05, 4.69) is 6.92 Å². The molecule has 2 unspecified atom stereocenters. The number of hydrogen-bond acceptors (Lipinski definition) is 4. The molecule has 1 saturated carbocycles. The second-order valence-electron chi connectivity index (χ2n) is 8.74. The molecule has 2 bridgehead atoms. The van der Waals surface area contributed by atoms with Crippen LogP contribution in [0, 0.1) is 13.8 Å². The van der Waals surface area contributed by atoms with Crippen molar-refractivity contribution in [2.24, 2.45) is 0 Å². The highest BCUT2D eigenvalue weighted by atomic mass is 16.7. The number of rotatable bonds is 2. The topological polar surface area (TPSA) is 55.8 Å². The van der Waals surface area contributed by atoms with Gasteiger partial charge in [-0.3, -0.25) is 0 Å². The van der Waals surface area contributed by atoms with Gasteiger partial charge in [-0.25, -0.2) is 4.79 Å². The third kappa shape index (κ3) is 2.70. The minimum absolute atomic E-state index is 0.0683. The van der Waals surface area contributed by atoms with E-state index in [4.69, 9.17) is 9.47 Å². The maximum atomic E-state index is 12.7. The summed E-state index contributed by atoms with van der Waals surface area (Å²) in [5.74, 6) is 1.66. The Morgan fingerprint density at radius 2 is 1.90 bits per heavy atom. The highest BCUT2D eigenvalue weighted by Gasteiger charge is 2.50. The molecule has 4 heteroatoms. The fraction of sp³-hybridized carbons (Fsp3) is 0.320. The predicted octanol–water partition coefficient (Wildman–Crippen LogP) is 6.28. The first kappa shape index (κ1) is 18.0. The Hall–Kier alpha value is -3.01. The van der Waals surface area contributed by atoms with E-state index in [1.54, 1.807) is 6.07 Å². The lowest BCUT2D eigenvalue weighted by Gasteiger charge is -2.27. The predicted molar refractivity (Wildman–Crippen MR) is 112 cm³/mol. The van der Waals surface area contributed by atoms with Crippen molar-refractivity contribution in [1.82, 2.24) is 0 Å². The molecular formula is C25H24O4. The number of aryl methyl sites for hydroxylation is 2. The van der Waals surface area contributed by atoms with Gasteiger partial charge in [0, 0.05) is 21.9 Å². The zero-order valence-corrected chi connectivity index (χ0v) is 16.9. The summed E-state index contributed by atoms with van der Waals surface area (Å²) >= 11 is 0. The van der Waals surface area contributed by atoms with Crippen molar-refractivity contribution in [2.75, 3.05) is 0 Å². The van der Waals surface area contributed by atoms with Gasteiger partial charge in [0.2, 0.25) is 0 Å². The van der Waals surface area contributed by atoms with Crippen molar-refractivity contribution >= 4 is 16.9 Å². The van der Waals surface area contributed by atoms with Crippen molar-refractivity contribution in [3.05, 3.63) is 64.7 Å². The second kappa shape index (κ2) is 6.24. The molecule has 2 aliphatic carbocycles. The quantitative estimate of drug-likeness (QED) is 0.415. The lowest BCUT2D eigenvalue weighted by atomic mass is 9.78. The summed E-state index contributed by atoms with van der Waals surface area (Å²) in [5, 5.41) is 12.6. The van der Waals surface area contributed by atoms with E-state index < -0.39 is 6.16 Å². The Labute approximate surface area is 170 Å². The van der Waals surface area contributed by atoms with Crippen LogP contribution in [0.25, 0.3) is 10.8 Å². The first-order chi connectivity index (χ1) is 13.9. The van der Waals surface area contributed by atoms with E-state index in [9.17, 15) is 9.90 Å². The average Bonchev–Trinajstić information content (AvgIpc) is 3.21. The molecule has 0 radical (unpaired) electrons. The number of ether oxygens (including phenoxy) is 2. The number of carbonyl (C=O) groups excluding carboxylic acids is 1. The van der Waals surface area contributed by atoms with E-state index in [-0.39, 0.29) is 5.41 Å². The van der Waals surface area contributed by atoms with E-state index in [0.29, 0.717) is 23.2 Å². The first-order valence-electron chi connectivity index (χ1n) is 10.1. The molecule has 4 nitrogen and oxygen atoms in total. The van der Waals surface area contributed by atoms with Crippen molar-refractivity contribution in [3.63, 3.8) is 0 Å². The normalized spacial score (nSPS) is 22.0. The fourth-order valence-electron chi connectivity index (χ4n) is 5.26. The van der Waals surface area contributed by atoms with Crippen molar-refractivity contribution in [2.45, 2.75) is 51.4 Å². The summed E-state index contributed by atoms with van der Waals surface area (Å²) in [6.45, 7) is 6.08. The molecule has 2 aliphatic rings. The summed E-state index contributed by atoms with van der Waals surface area (Å²) in [5.41, 5.74) is 3.78. The van der Waals surface area contributed by atoms with Crippen LogP contribution in [-0.2, 0) is 5.41 Å². The number of para-hydroxylation sites is 1. The van der Waals surface area contributed by atoms with Gasteiger partial charge in [-0.15, -0.1) is 0 Å². The largest absolute Gasteiger partial charge is 0.519 e. The zero-order valence-electron chi connectivity index (χ0n) is 16.9. The second-order valence-corrected chi connectivity index (χ2v) is 8.74. The molecule has 0 heterocycles. The maximum absolute atomic E-state index is 12.7. The number of fused-ring (bicyclic) bond motifs is 6. The number of carbonyl (C=O) groups is 1. The van der Waals surface area contributed by atoms with Gasteiger partial charge in [0.1, 0.15) is 17.2 Å². The van der Waals surface area contributed by atoms with Crippen LogP contribution >= 0.6 is 0 Å². The van der Waals surface area contributed by atoms with E-state index >= 15 is 0 Å². The number of phenolic OH excluding ortho intramolecular Hbond substituents is 1. The lowest BCUT2D eigenvalue weighted by Crippen LogP contribution is -2.19. The van der Waals surface area contributed by atoms with Gasteiger partial charge < -0.3 is 14.6 Å². The van der Waals surface area contributed by atoms with Gasteiger partial charge in [-0.2, -0.15) is 0 Å². The van der Waals surface area contributed by atoms with Gasteiger partial charge >= 0.3 is 6.16 Å². The minimum atomic E-state index is -0.747. The van der Waals surface area contributed by atoms with Crippen LogP contribution in [0.3, 0.4) is 0 Å². The molecule has 5 rings (SSSR count). The monoisotopic (exact) mass is 388 g/mol. The van der Waals surface area contributed by atoms with Gasteiger partial charge in [0.05, 0.1) is 0 Å². The Balaban J connectivity index is 1.64. The molecule has 0 spiro atoms. The van der Waals surface area contributed by atoms with Crippen molar-refractivity contribution < 1.29 is 19.4 Å². The molecule has 3 aromatic rings. The van der Waals surface area contributed by atoms with Crippen molar-refractivity contribution in [1.29, 1.82) is 0 Å². The summed E-state index contributed by atoms with van der Waals surface area (Å²) in [6, 6.07) is 13.2. The number of aromatic hydroxyl groups is 1. The molecule has 3 aromatic carbocycles. The van der Waals surface area contributed by atoms with Gasteiger partial charge in [-0.1, -0.05) is 42.8 Å².